The zero-order valence-electron chi connectivity index (χ0n) is 16.2. The minimum absolute atomic E-state index is 1.28. The molecule has 0 heteroatoms. The highest BCUT2D eigenvalue weighted by molar-refractivity contribution is 6.10. The van der Waals surface area contributed by atoms with Crippen LogP contribution in [0.5, 0.6) is 0 Å². The number of rotatable bonds is 2. The molecule has 0 spiro atoms. The van der Waals surface area contributed by atoms with Crippen LogP contribution in [0.4, 0.5) is 0 Å². The van der Waals surface area contributed by atoms with Crippen LogP contribution in [0, 0.1) is 13.8 Å². The second kappa shape index (κ2) is 6.65. The molecule has 134 valence electrons. The Hall–Kier alpha value is -3.38. The summed E-state index contributed by atoms with van der Waals surface area (Å²) in [7, 11) is 0. The molecule has 0 radical (unpaired) electrons. The van der Waals surface area contributed by atoms with Crippen molar-refractivity contribution in [2.75, 3.05) is 0 Å². The van der Waals surface area contributed by atoms with E-state index >= 15 is 0 Å². The fraction of sp³-hybridized carbons (Fsp3) is 0.0714. The molecule has 5 aromatic carbocycles. The topological polar surface area (TPSA) is 0 Å². The average Bonchev–Trinajstić information content (AvgIpc) is 2.72. The number of benzene rings is 5. The van der Waals surface area contributed by atoms with Crippen molar-refractivity contribution in [1.82, 2.24) is 0 Å². The predicted octanol–water partition coefficient (Wildman–Crippen LogP) is 7.94. The molecule has 0 aliphatic carbocycles. The smallest absolute Gasteiger partial charge is 0.00206 e. The first-order valence-corrected chi connectivity index (χ1v) is 9.79. The fourth-order valence-corrected chi connectivity index (χ4v) is 4.38. The van der Waals surface area contributed by atoms with Crippen LogP contribution in [0.1, 0.15) is 11.1 Å². The largest absolute Gasteiger partial charge is 0.0616 e. The molecule has 0 aromatic heterocycles. The van der Waals surface area contributed by atoms with Crippen LogP contribution in [-0.4, -0.2) is 0 Å². The van der Waals surface area contributed by atoms with Crippen LogP contribution in [0.15, 0.2) is 97.1 Å². The molecule has 5 aromatic rings. The van der Waals surface area contributed by atoms with Crippen molar-refractivity contribution >= 4 is 21.5 Å². The summed E-state index contributed by atoms with van der Waals surface area (Å²) in [6, 6.07) is 35.4. The molecule has 0 saturated heterocycles. The first kappa shape index (κ1) is 16.8. The first-order valence-electron chi connectivity index (χ1n) is 9.79. The molecule has 0 saturated carbocycles. The zero-order valence-corrected chi connectivity index (χ0v) is 16.2. The highest BCUT2D eigenvalue weighted by Crippen LogP contribution is 2.41. The van der Waals surface area contributed by atoms with Gasteiger partial charge in [-0.3, -0.25) is 0 Å². The molecule has 0 aliphatic rings. The third-order valence-corrected chi connectivity index (χ3v) is 5.52. The first-order chi connectivity index (χ1) is 13.7. The zero-order chi connectivity index (χ0) is 19.1. The van der Waals surface area contributed by atoms with E-state index in [1.54, 1.807) is 0 Å². The Morgan fingerprint density at radius 1 is 0.464 bits per heavy atom. The molecular weight excluding hydrogens is 336 g/mol. The van der Waals surface area contributed by atoms with Crippen molar-refractivity contribution in [3.63, 3.8) is 0 Å². The SMILES string of the molecule is Cc1cc(C)cc(-c2ccc3ccccc3c2-c2cccc3ccccc23)c1. The average molecular weight is 358 g/mol. The summed E-state index contributed by atoms with van der Waals surface area (Å²) in [6.07, 6.45) is 0. The Morgan fingerprint density at radius 2 is 1.07 bits per heavy atom. The minimum atomic E-state index is 1.28. The Morgan fingerprint density at radius 3 is 1.82 bits per heavy atom. The standard InChI is InChI=1S/C28H22/c1-19-16-20(2)18-23(17-19)26-15-14-22-9-4-6-12-25(22)28(26)27-13-7-10-21-8-3-5-11-24(21)27/h3-18H,1-2H3. The summed E-state index contributed by atoms with van der Waals surface area (Å²) in [6.45, 7) is 4.35. The monoisotopic (exact) mass is 358 g/mol. The second-order valence-electron chi connectivity index (χ2n) is 7.61. The van der Waals surface area contributed by atoms with Crippen molar-refractivity contribution in [2.45, 2.75) is 13.8 Å². The van der Waals surface area contributed by atoms with Crippen molar-refractivity contribution < 1.29 is 0 Å². The van der Waals surface area contributed by atoms with Gasteiger partial charge in [-0.1, -0.05) is 108 Å². The normalized spacial score (nSPS) is 11.2. The predicted molar refractivity (Wildman–Crippen MR) is 122 cm³/mol. The summed E-state index contributed by atoms with van der Waals surface area (Å²) in [5.74, 6) is 0. The molecule has 0 amide bonds. The van der Waals surface area contributed by atoms with Gasteiger partial charge in [0, 0.05) is 0 Å². The van der Waals surface area contributed by atoms with E-state index in [0.29, 0.717) is 0 Å². The van der Waals surface area contributed by atoms with E-state index in [1.165, 1.54) is 54.9 Å². The molecule has 0 nitrogen and oxygen atoms in total. The molecule has 0 unspecified atom stereocenters. The minimum Gasteiger partial charge on any atom is -0.0616 e. The number of hydrogen-bond acceptors (Lipinski definition) is 0. The van der Waals surface area contributed by atoms with Gasteiger partial charge in [0.15, 0.2) is 0 Å². The van der Waals surface area contributed by atoms with Crippen LogP contribution in [0.2, 0.25) is 0 Å². The third-order valence-electron chi connectivity index (χ3n) is 5.52. The quantitative estimate of drug-likeness (QED) is 0.300. The summed E-state index contributed by atoms with van der Waals surface area (Å²) < 4.78 is 0. The Kier molecular flexibility index (Phi) is 3.98. The van der Waals surface area contributed by atoms with Crippen molar-refractivity contribution in [1.29, 1.82) is 0 Å². The third kappa shape index (κ3) is 2.78. The van der Waals surface area contributed by atoms with E-state index in [9.17, 15) is 0 Å². The maximum Gasteiger partial charge on any atom is -0.00206 e. The molecule has 0 fully saturated rings. The van der Waals surface area contributed by atoms with Gasteiger partial charge in [-0.25, -0.2) is 0 Å². The van der Waals surface area contributed by atoms with Gasteiger partial charge in [0.2, 0.25) is 0 Å². The van der Waals surface area contributed by atoms with E-state index < -0.39 is 0 Å². The maximum atomic E-state index is 2.30. The van der Waals surface area contributed by atoms with Gasteiger partial charge in [0.25, 0.3) is 0 Å². The van der Waals surface area contributed by atoms with E-state index in [0.717, 1.165) is 0 Å². The van der Waals surface area contributed by atoms with Gasteiger partial charge in [0.1, 0.15) is 0 Å². The Labute approximate surface area is 166 Å². The Bertz CT molecular complexity index is 1300. The fourth-order valence-electron chi connectivity index (χ4n) is 4.38. The molecular formula is C28H22. The van der Waals surface area contributed by atoms with E-state index in [-0.39, 0.29) is 0 Å². The van der Waals surface area contributed by atoms with Crippen LogP contribution < -0.4 is 0 Å². The van der Waals surface area contributed by atoms with E-state index in [4.69, 9.17) is 0 Å². The lowest BCUT2D eigenvalue weighted by Crippen LogP contribution is -1.91. The van der Waals surface area contributed by atoms with Crippen molar-refractivity contribution in [2.24, 2.45) is 0 Å². The molecule has 28 heavy (non-hydrogen) atoms. The van der Waals surface area contributed by atoms with Crippen LogP contribution in [-0.2, 0) is 0 Å². The highest BCUT2D eigenvalue weighted by atomic mass is 14.2. The van der Waals surface area contributed by atoms with Crippen LogP contribution >= 0.6 is 0 Å². The van der Waals surface area contributed by atoms with Gasteiger partial charge < -0.3 is 0 Å². The molecule has 0 atom stereocenters. The van der Waals surface area contributed by atoms with Gasteiger partial charge in [-0.05, 0) is 57.6 Å². The van der Waals surface area contributed by atoms with Gasteiger partial charge in [0.05, 0.1) is 0 Å². The van der Waals surface area contributed by atoms with Crippen molar-refractivity contribution in [3.8, 4) is 22.3 Å². The second-order valence-corrected chi connectivity index (χ2v) is 7.61. The molecule has 0 bridgehead atoms. The number of aryl methyl sites for hydroxylation is 2. The van der Waals surface area contributed by atoms with Gasteiger partial charge in [-0.15, -0.1) is 0 Å². The van der Waals surface area contributed by atoms with Crippen molar-refractivity contribution in [3.05, 3.63) is 108 Å². The summed E-state index contributed by atoms with van der Waals surface area (Å²) in [5, 5.41) is 5.15. The summed E-state index contributed by atoms with van der Waals surface area (Å²) >= 11 is 0. The molecule has 0 aliphatic heterocycles. The lowest BCUT2D eigenvalue weighted by Gasteiger charge is -2.17. The van der Waals surface area contributed by atoms with Crippen LogP contribution in [0.25, 0.3) is 43.8 Å². The summed E-state index contributed by atoms with van der Waals surface area (Å²) in [4.78, 5) is 0. The van der Waals surface area contributed by atoms with Gasteiger partial charge >= 0.3 is 0 Å². The number of fused-ring (bicyclic) bond motifs is 2. The van der Waals surface area contributed by atoms with Crippen LogP contribution in [0.3, 0.4) is 0 Å². The summed E-state index contributed by atoms with van der Waals surface area (Å²) in [5.41, 5.74) is 7.79. The Balaban J connectivity index is 1.93. The highest BCUT2D eigenvalue weighted by Gasteiger charge is 2.14. The van der Waals surface area contributed by atoms with E-state index in [2.05, 4.69) is 111 Å². The number of hydrogen-bond donors (Lipinski definition) is 0. The van der Waals surface area contributed by atoms with Gasteiger partial charge in [-0.2, -0.15) is 0 Å². The van der Waals surface area contributed by atoms with E-state index in [1.807, 2.05) is 0 Å². The lowest BCUT2D eigenvalue weighted by molar-refractivity contribution is 1.38. The molecule has 0 N–H and O–H groups in total. The molecule has 0 heterocycles. The molecule has 5 rings (SSSR count). The lowest BCUT2D eigenvalue weighted by atomic mass is 9.87. The maximum absolute atomic E-state index is 2.30.